The van der Waals surface area contributed by atoms with Crippen LogP contribution in [0.25, 0.3) is 0 Å². The van der Waals surface area contributed by atoms with Crippen molar-refractivity contribution in [3.63, 3.8) is 0 Å². The third-order valence-corrected chi connectivity index (χ3v) is 5.03. The van der Waals surface area contributed by atoms with Crippen molar-refractivity contribution < 1.29 is 9.53 Å². The molecular weight excluding hydrogens is 390 g/mol. The monoisotopic (exact) mass is 419 g/mol. The van der Waals surface area contributed by atoms with Crippen LogP contribution in [0.1, 0.15) is 12.5 Å². The molecule has 2 aromatic rings. The number of rotatable bonds is 6. The van der Waals surface area contributed by atoms with E-state index in [9.17, 15) is 4.79 Å². The molecular formula is C24H29N5O2. The van der Waals surface area contributed by atoms with Crippen LogP contribution in [0.3, 0.4) is 0 Å². The number of methoxy groups -OCH3 is 1. The Morgan fingerprint density at radius 3 is 2.65 bits per heavy atom. The number of carbonyl (C=O) groups excluding carboxylic acids is 1. The Labute approximate surface area is 184 Å². The molecule has 0 spiro atoms. The van der Waals surface area contributed by atoms with E-state index in [1.807, 2.05) is 43.3 Å². The first-order chi connectivity index (χ1) is 15.1. The van der Waals surface area contributed by atoms with Gasteiger partial charge in [-0.2, -0.15) is 0 Å². The number of benzene rings is 2. The van der Waals surface area contributed by atoms with E-state index in [1.165, 1.54) is 0 Å². The minimum Gasteiger partial charge on any atom is -0.495 e. The molecule has 2 N–H and O–H groups in total. The van der Waals surface area contributed by atoms with Gasteiger partial charge in [0.2, 0.25) is 5.91 Å². The number of anilines is 2. The molecule has 1 heterocycles. The maximum absolute atomic E-state index is 12.4. The van der Waals surface area contributed by atoms with Gasteiger partial charge in [-0.1, -0.05) is 24.1 Å². The molecule has 7 heteroatoms. The van der Waals surface area contributed by atoms with Crippen LogP contribution in [0.4, 0.5) is 11.4 Å². The smallest absolute Gasteiger partial charge is 0.246 e. The van der Waals surface area contributed by atoms with Crippen molar-refractivity contribution in [3.05, 3.63) is 54.1 Å². The SMILES string of the molecule is C#Cc1cccc(NC(=O)CN=C(NCC)N2CCN(c3ccccc3OC)CC2)c1. The van der Waals surface area contributed by atoms with Gasteiger partial charge in [0.25, 0.3) is 0 Å². The zero-order valence-electron chi connectivity index (χ0n) is 18.1. The van der Waals surface area contributed by atoms with E-state index in [0.717, 1.165) is 55.7 Å². The Morgan fingerprint density at radius 2 is 1.94 bits per heavy atom. The van der Waals surface area contributed by atoms with Crippen LogP contribution in [-0.4, -0.2) is 63.1 Å². The van der Waals surface area contributed by atoms with Gasteiger partial charge in [0.05, 0.1) is 12.8 Å². The Kier molecular flexibility index (Phi) is 7.77. The molecule has 0 aliphatic carbocycles. The standard InChI is InChI=1S/C24H29N5O2/c1-4-19-9-8-10-20(17-19)27-23(30)18-26-24(25-5-2)29-15-13-28(14-16-29)21-11-6-7-12-22(21)31-3/h1,6-12,17H,5,13-16,18H2,2-3H3,(H,25,26)(H,27,30). The van der Waals surface area contributed by atoms with Gasteiger partial charge in [-0.05, 0) is 37.3 Å². The molecule has 1 fully saturated rings. The van der Waals surface area contributed by atoms with Crippen molar-refractivity contribution in [1.29, 1.82) is 0 Å². The van der Waals surface area contributed by atoms with Crippen LogP contribution >= 0.6 is 0 Å². The predicted octanol–water partition coefficient (Wildman–Crippen LogP) is 2.40. The summed E-state index contributed by atoms with van der Waals surface area (Å²) in [4.78, 5) is 21.4. The topological polar surface area (TPSA) is 69.2 Å². The molecule has 2 aromatic carbocycles. The molecule has 1 amide bonds. The van der Waals surface area contributed by atoms with Gasteiger partial charge < -0.3 is 25.2 Å². The third-order valence-electron chi connectivity index (χ3n) is 5.03. The van der Waals surface area contributed by atoms with Gasteiger partial charge in [-0.25, -0.2) is 4.99 Å². The fourth-order valence-electron chi connectivity index (χ4n) is 3.51. The summed E-state index contributed by atoms with van der Waals surface area (Å²) in [6, 6.07) is 15.3. The number of nitrogens with zero attached hydrogens (tertiary/aromatic N) is 3. The fourth-order valence-corrected chi connectivity index (χ4v) is 3.51. The molecule has 0 unspecified atom stereocenters. The van der Waals surface area contributed by atoms with E-state index in [2.05, 4.69) is 37.4 Å². The number of hydrogen-bond acceptors (Lipinski definition) is 4. The zero-order chi connectivity index (χ0) is 22.1. The second-order valence-electron chi connectivity index (χ2n) is 7.09. The van der Waals surface area contributed by atoms with Crippen molar-refractivity contribution in [1.82, 2.24) is 10.2 Å². The van der Waals surface area contributed by atoms with Crippen LogP contribution in [0.2, 0.25) is 0 Å². The van der Waals surface area contributed by atoms with E-state index in [1.54, 1.807) is 13.2 Å². The average Bonchev–Trinajstić information content (AvgIpc) is 2.82. The zero-order valence-corrected chi connectivity index (χ0v) is 18.1. The third kappa shape index (κ3) is 5.92. The maximum Gasteiger partial charge on any atom is 0.246 e. The lowest BCUT2D eigenvalue weighted by atomic mass is 10.2. The summed E-state index contributed by atoms with van der Waals surface area (Å²) in [5.74, 6) is 4.00. The molecule has 31 heavy (non-hydrogen) atoms. The highest BCUT2D eigenvalue weighted by Gasteiger charge is 2.21. The summed E-state index contributed by atoms with van der Waals surface area (Å²) in [5.41, 5.74) is 2.49. The maximum atomic E-state index is 12.4. The lowest BCUT2D eigenvalue weighted by Gasteiger charge is -2.38. The number of nitrogens with one attached hydrogen (secondary N) is 2. The van der Waals surface area contributed by atoms with Gasteiger partial charge in [0, 0.05) is 44.0 Å². The predicted molar refractivity (Wildman–Crippen MR) is 126 cm³/mol. The molecule has 7 nitrogen and oxygen atoms in total. The van der Waals surface area contributed by atoms with Gasteiger partial charge in [-0.15, -0.1) is 6.42 Å². The Balaban J connectivity index is 1.59. The lowest BCUT2D eigenvalue weighted by molar-refractivity contribution is -0.114. The van der Waals surface area contributed by atoms with Crippen molar-refractivity contribution >= 4 is 23.2 Å². The van der Waals surface area contributed by atoms with E-state index in [-0.39, 0.29) is 12.5 Å². The Hall–Kier alpha value is -3.66. The first-order valence-electron chi connectivity index (χ1n) is 10.4. The number of ether oxygens (including phenoxy) is 1. The van der Waals surface area contributed by atoms with Gasteiger partial charge >= 0.3 is 0 Å². The molecule has 0 atom stereocenters. The molecule has 3 rings (SSSR count). The molecule has 0 saturated carbocycles. The number of carbonyl (C=O) groups is 1. The van der Waals surface area contributed by atoms with Crippen LogP contribution in [-0.2, 0) is 4.79 Å². The van der Waals surface area contributed by atoms with E-state index in [0.29, 0.717) is 5.69 Å². The number of aliphatic imine (C=N–C) groups is 1. The minimum atomic E-state index is -0.183. The van der Waals surface area contributed by atoms with Crippen LogP contribution in [0.5, 0.6) is 5.75 Å². The molecule has 1 saturated heterocycles. The summed E-state index contributed by atoms with van der Waals surface area (Å²) >= 11 is 0. The number of guanidine groups is 1. The number of amides is 1. The first kappa shape index (κ1) is 22.0. The Bertz CT molecular complexity index is 958. The largest absolute Gasteiger partial charge is 0.495 e. The normalized spacial score (nSPS) is 14.0. The van der Waals surface area contributed by atoms with Gasteiger partial charge in [0.1, 0.15) is 12.3 Å². The summed E-state index contributed by atoms with van der Waals surface area (Å²) in [6.07, 6.45) is 5.42. The summed E-state index contributed by atoms with van der Waals surface area (Å²) in [5, 5.41) is 6.14. The van der Waals surface area contributed by atoms with E-state index in [4.69, 9.17) is 11.2 Å². The summed E-state index contributed by atoms with van der Waals surface area (Å²) in [7, 11) is 1.69. The summed E-state index contributed by atoms with van der Waals surface area (Å²) < 4.78 is 5.49. The summed E-state index contributed by atoms with van der Waals surface area (Å²) in [6.45, 7) is 6.08. The second kappa shape index (κ2) is 10.9. The van der Waals surface area contributed by atoms with Crippen LogP contribution in [0, 0.1) is 12.3 Å². The molecule has 0 aromatic heterocycles. The minimum absolute atomic E-state index is 0.0370. The molecule has 1 aliphatic heterocycles. The second-order valence-corrected chi connectivity index (χ2v) is 7.09. The van der Waals surface area contributed by atoms with Gasteiger partial charge in [0.15, 0.2) is 5.96 Å². The molecule has 0 radical (unpaired) electrons. The molecule has 162 valence electrons. The van der Waals surface area contributed by atoms with Crippen LogP contribution in [0.15, 0.2) is 53.5 Å². The van der Waals surface area contributed by atoms with Crippen molar-refractivity contribution in [2.24, 2.45) is 4.99 Å². The Morgan fingerprint density at radius 1 is 1.16 bits per heavy atom. The number of terminal acetylenes is 1. The molecule has 0 bridgehead atoms. The van der Waals surface area contributed by atoms with Crippen molar-refractivity contribution in [2.75, 3.05) is 56.6 Å². The highest BCUT2D eigenvalue weighted by molar-refractivity contribution is 5.94. The van der Waals surface area contributed by atoms with Crippen molar-refractivity contribution in [3.8, 4) is 18.1 Å². The fraction of sp³-hybridized carbons (Fsp3) is 0.333. The van der Waals surface area contributed by atoms with Crippen molar-refractivity contribution in [2.45, 2.75) is 6.92 Å². The number of para-hydroxylation sites is 2. The molecule has 1 aliphatic rings. The van der Waals surface area contributed by atoms with E-state index >= 15 is 0 Å². The lowest BCUT2D eigenvalue weighted by Crippen LogP contribution is -2.52. The van der Waals surface area contributed by atoms with Gasteiger partial charge in [-0.3, -0.25) is 4.79 Å². The number of piperazine rings is 1. The highest BCUT2D eigenvalue weighted by Crippen LogP contribution is 2.28. The number of hydrogen-bond donors (Lipinski definition) is 2. The average molecular weight is 420 g/mol. The first-order valence-corrected chi connectivity index (χ1v) is 10.4. The van der Waals surface area contributed by atoms with Crippen LogP contribution < -0.4 is 20.3 Å². The highest BCUT2D eigenvalue weighted by atomic mass is 16.5. The quantitative estimate of drug-likeness (QED) is 0.428. The van der Waals surface area contributed by atoms with E-state index < -0.39 is 0 Å².